The Labute approximate surface area is 228 Å². The van der Waals surface area contributed by atoms with Crippen LogP contribution in [0.3, 0.4) is 0 Å². The normalized spacial score (nSPS) is 10.2. The lowest BCUT2D eigenvalue weighted by atomic mass is 10.1. The van der Waals surface area contributed by atoms with Crippen LogP contribution in [0.25, 0.3) is 0 Å². The molecule has 208 valence electrons. The second kappa shape index (κ2) is 13.5. The van der Waals surface area contributed by atoms with Crippen LogP contribution in [0.4, 0.5) is 31.5 Å². The highest BCUT2D eigenvalue weighted by molar-refractivity contribution is 5.53. The average molecular weight is 553 g/mol. The van der Waals surface area contributed by atoms with Crippen molar-refractivity contribution in [1.82, 2.24) is 0 Å². The molecule has 0 atom stereocenters. The summed E-state index contributed by atoms with van der Waals surface area (Å²) in [6.07, 6.45) is 0. The highest BCUT2D eigenvalue weighted by Gasteiger charge is 2.19. The van der Waals surface area contributed by atoms with E-state index in [1.165, 1.54) is 74.9 Å². The van der Waals surface area contributed by atoms with Gasteiger partial charge < -0.3 is 20.1 Å². The predicted octanol–water partition coefficient (Wildman–Crippen LogP) is 6.27. The minimum absolute atomic E-state index is 0.137. The Morgan fingerprint density at radius 1 is 0.700 bits per heavy atom. The molecule has 2 N–H and O–H groups in total. The van der Waals surface area contributed by atoms with E-state index in [2.05, 4.69) is 0 Å². The summed E-state index contributed by atoms with van der Waals surface area (Å²) < 4.78 is 35.6. The van der Waals surface area contributed by atoms with Gasteiger partial charge in [-0.15, -0.1) is 0 Å². The molecule has 4 aromatic rings. The van der Waals surface area contributed by atoms with E-state index in [0.717, 1.165) is 0 Å². The molecule has 0 aliphatic carbocycles. The third-order valence-corrected chi connectivity index (χ3v) is 5.69. The van der Waals surface area contributed by atoms with Crippen molar-refractivity contribution in [2.45, 2.75) is 13.1 Å². The van der Waals surface area contributed by atoms with Crippen LogP contribution in [0, 0.1) is 31.9 Å². The van der Waals surface area contributed by atoms with Gasteiger partial charge in [-0.05, 0) is 71.8 Å². The fourth-order valence-electron chi connectivity index (χ4n) is 3.75. The summed E-state index contributed by atoms with van der Waals surface area (Å²) >= 11 is 0. The maximum Gasteiger partial charge on any atom is 0.311 e. The van der Waals surface area contributed by atoms with Crippen molar-refractivity contribution in [3.05, 3.63) is 128 Å². The summed E-state index contributed by atoms with van der Waals surface area (Å²) in [5.74, 6) is -0.385. The van der Waals surface area contributed by atoms with Gasteiger partial charge in [-0.1, -0.05) is 12.1 Å². The number of hydrogen-bond donors (Lipinski definition) is 1. The van der Waals surface area contributed by atoms with Gasteiger partial charge in [0, 0.05) is 36.6 Å². The summed E-state index contributed by atoms with van der Waals surface area (Å²) in [6, 6.07) is 20.7. The quantitative estimate of drug-likeness (QED) is 0.146. The zero-order chi connectivity index (χ0) is 29.2. The highest BCUT2D eigenvalue weighted by atomic mass is 19.1. The molecule has 0 aliphatic heterocycles. The molecule has 4 rings (SSSR count). The van der Waals surface area contributed by atoms with Crippen LogP contribution >= 0.6 is 0 Å². The Morgan fingerprint density at radius 2 is 1.10 bits per heavy atom. The van der Waals surface area contributed by atoms with Gasteiger partial charge in [0.2, 0.25) is 0 Å². The van der Waals surface area contributed by atoms with Gasteiger partial charge in [-0.25, -0.2) is 8.78 Å². The summed E-state index contributed by atoms with van der Waals surface area (Å²) in [5, 5.41) is 22.7. The third kappa shape index (κ3) is 7.87. The van der Waals surface area contributed by atoms with Crippen LogP contribution in [0.2, 0.25) is 0 Å². The summed E-state index contributed by atoms with van der Waals surface area (Å²) in [5.41, 5.74) is 7.37. The topological polar surface area (TPSA) is 134 Å². The molecule has 12 heteroatoms. The number of halogens is 2. The van der Waals surface area contributed by atoms with E-state index >= 15 is 0 Å². The molecule has 0 fully saturated rings. The van der Waals surface area contributed by atoms with Crippen molar-refractivity contribution >= 4 is 22.7 Å². The lowest BCUT2D eigenvalue weighted by molar-refractivity contribution is -0.385. The molecule has 0 radical (unpaired) electrons. The average Bonchev–Trinajstić information content (AvgIpc) is 2.95. The van der Waals surface area contributed by atoms with Crippen molar-refractivity contribution in [3.63, 3.8) is 0 Å². The standard InChI is InChI=1S/C22H20FN3O6.C6H6FN/c1-31-21-9-3-15(11-19(21)25(27)28)13-24(18-7-5-17(23)6-8-18)14-16-4-10-22(32-2)20(12-16)26(29)30;7-5-1-3-6(8)4-2-5/h3-12H,13-14H2,1-2H3;1-4H,8H2. The van der Waals surface area contributed by atoms with Gasteiger partial charge in [-0.3, -0.25) is 20.2 Å². The van der Waals surface area contributed by atoms with E-state index in [1.54, 1.807) is 24.3 Å². The molecule has 40 heavy (non-hydrogen) atoms. The number of benzene rings is 4. The number of nitro groups is 2. The Hall–Kier alpha value is -5.26. The van der Waals surface area contributed by atoms with Crippen molar-refractivity contribution in [2.75, 3.05) is 24.9 Å². The zero-order valence-corrected chi connectivity index (χ0v) is 21.6. The van der Waals surface area contributed by atoms with Crippen molar-refractivity contribution in [3.8, 4) is 11.5 Å². The Balaban J connectivity index is 0.000000472. The van der Waals surface area contributed by atoms with Crippen LogP contribution in [-0.4, -0.2) is 24.1 Å². The molecule has 0 amide bonds. The maximum absolute atomic E-state index is 13.5. The zero-order valence-electron chi connectivity index (χ0n) is 21.6. The van der Waals surface area contributed by atoms with Crippen LogP contribution in [0.1, 0.15) is 11.1 Å². The van der Waals surface area contributed by atoms with Crippen molar-refractivity contribution in [2.24, 2.45) is 0 Å². The number of hydrogen-bond acceptors (Lipinski definition) is 8. The van der Waals surface area contributed by atoms with Crippen LogP contribution in [-0.2, 0) is 13.1 Å². The molecular weight excluding hydrogens is 526 g/mol. The molecule has 4 aromatic carbocycles. The number of methoxy groups -OCH3 is 2. The first-order valence-electron chi connectivity index (χ1n) is 11.8. The second-order valence-corrected chi connectivity index (χ2v) is 8.41. The molecule has 0 saturated carbocycles. The lowest BCUT2D eigenvalue weighted by Crippen LogP contribution is -2.22. The number of nitrogen functional groups attached to an aromatic ring is 1. The molecule has 0 saturated heterocycles. The maximum atomic E-state index is 13.5. The van der Waals surface area contributed by atoms with Crippen LogP contribution in [0.15, 0.2) is 84.9 Å². The van der Waals surface area contributed by atoms with Crippen molar-refractivity contribution in [1.29, 1.82) is 0 Å². The molecule has 0 bridgehead atoms. The smallest absolute Gasteiger partial charge is 0.311 e. The summed E-state index contributed by atoms with van der Waals surface area (Å²) in [4.78, 5) is 23.5. The minimum atomic E-state index is -0.530. The molecule has 0 heterocycles. The molecule has 0 spiro atoms. The van der Waals surface area contributed by atoms with Gasteiger partial charge in [-0.2, -0.15) is 0 Å². The monoisotopic (exact) mass is 552 g/mol. The largest absolute Gasteiger partial charge is 0.490 e. The number of nitro benzene ring substituents is 2. The first-order chi connectivity index (χ1) is 19.1. The molecule has 0 aromatic heterocycles. The SMILES string of the molecule is COc1ccc(CN(Cc2ccc(OC)c([N+](=O)[O-])c2)c2ccc(F)cc2)cc1[N+](=O)[O-].Nc1ccc(F)cc1. The summed E-state index contributed by atoms with van der Waals surface area (Å²) in [6.45, 7) is 0.465. The molecular formula is C28H26F2N4O6. The highest BCUT2D eigenvalue weighted by Crippen LogP contribution is 2.31. The minimum Gasteiger partial charge on any atom is -0.490 e. The molecule has 0 aliphatic rings. The molecule has 0 unspecified atom stereocenters. The van der Waals surface area contributed by atoms with Gasteiger partial charge >= 0.3 is 11.4 Å². The second-order valence-electron chi connectivity index (χ2n) is 8.41. The number of ether oxygens (including phenoxy) is 2. The summed E-state index contributed by atoms with van der Waals surface area (Å²) in [7, 11) is 2.70. The fraction of sp³-hybridized carbons (Fsp3) is 0.143. The molecule has 10 nitrogen and oxygen atoms in total. The first-order valence-corrected chi connectivity index (χ1v) is 11.8. The predicted molar refractivity (Wildman–Crippen MR) is 146 cm³/mol. The van der Waals surface area contributed by atoms with E-state index in [0.29, 0.717) is 22.5 Å². The first kappa shape index (κ1) is 29.3. The Bertz CT molecular complexity index is 1380. The number of nitrogens with zero attached hydrogens (tertiary/aromatic N) is 3. The van der Waals surface area contributed by atoms with Crippen LogP contribution < -0.4 is 20.1 Å². The lowest BCUT2D eigenvalue weighted by Gasteiger charge is -2.25. The third-order valence-electron chi connectivity index (χ3n) is 5.69. The van der Waals surface area contributed by atoms with E-state index < -0.39 is 15.7 Å². The van der Waals surface area contributed by atoms with E-state index in [9.17, 15) is 29.0 Å². The van der Waals surface area contributed by atoms with E-state index in [4.69, 9.17) is 15.2 Å². The van der Waals surface area contributed by atoms with Crippen LogP contribution in [0.5, 0.6) is 11.5 Å². The van der Waals surface area contributed by atoms with Gasteiger partial charge in [0.25, 0.3) is 0 Å². The van der Waals surface area contributed by atoms with Gasteiger partial charge in [0.1, 0.15) is 11.6 Å². The number of anilines is 2. The van der Waals surface area contributed by atoms with Gasteiger partial charge in [0.05, 0.1) is 24.1 Å². The number of rotatable bonds is 9. The Morgan fingerprint density at radius 3 is 1.45 bits per heavy atom. The van der Waals surface area contributed by atoms with Gasteiger partial charge in [0.15, 0.2) is 11.5 Å². The van der Waals surface area contributed by atoms with E-state index in [1.807, 2.05) is 4.90 Å². The Kier molecular flexibility index (Phi) is 9.90. The fourth-order valence-corrected chi connectivity index (χ4v) is 3.75. The number of nitrogens with two attached hydrogens (primary N) is 1. The van der Waals surface area contributed by atoms with Crippen molar-refractivity contribution < 1.29 is 28.1 Å². The van der Waals surface area contributed by atoms with E-state index in [-0.39, 0.29) is 41.8 Å².